The minimum atomic E-state index is -1.60. The molecule has 0 saturated carbocycles. The summed E-state index contributed by atoms with van der Waals surface area (Å²) in [5.41, 5.74) is 12.9. The Hall–Kier alpha value is -11.3. The molecule has 8 N–H and O–H groups in total. The van der Waals surface area contributed by atoms with Crippen molar-refractivity contribution in [3.63, 3.8) is 0 Å². The summed E-state index contributed by atoms with van der Waals surface area (Å²) in [5.74, 6) is -4.23. The predicted molar refractivity (Wildman–Crippen MR) is 488 cm³/mol. The molecular formula is C102H115N9O9S2. The van der Waals surface area contributed by atoms with Gasteiger partial charge in [-0.1, -0.05) is 330 Å². The van der Waals surface area contributed by atoms with Gasteiger partial charge in [0.25, 0.3) is 0 Å². The second kappa shape index (κ2) is 43.5. The fourth-order valence-electron chi connectivity index (χ4n) is 17.1. The number of ether oxygens (including phenoxy) is 1. The van der Waals surface area contributed by atoms with Crippen molar-refractivity contribution >= 4 is 70.7 Å². The van der Waals surface area contributed by atoms with Crippen LogP contribution in [-0.2, 0) is 64.5 Å². The number of rotatable bonds is 41. The van der Waals surface area contributed by atoms with E-state index in [1.165, 1.54) is 11.8 Å². The van der Waals surface area contributed by atoms with Gasteiger partial charge >= 0.3 is 0 Å². The number of carbonyl (C=O) groups is 8. The average molecular weight is 1680 g/mol. The van der Waals surface area contributed by atoms with Crippen molar-refractivity contribution in [3.05, 3.63) is 359 Å². The van der Waals surface area contributed by atoms with E-state index in [-0.39, 0.29) is 49.8 Å². The molecule has 122 heavy (non-hydrogen) atoms. The number of hydrogen-bond donors (Lipinski definition) is 7. The van der Waals surface area contributed by atoms with Crippen LogP contribution < -0.4 is 37.6 Å². The van der Waals surface area contributed by atoms with Gasteiger partial charge in [-0.2, -0.15) is 0 Å². The minimum Gasteiger partial charge on any atom is -0.370 e. The summed E-state index contributed by atoms with van der Waals surface area (Å²) in [6, 6.07) is 90.3. The zero-order chi connectivity index (χ0) is 85.9. The van der Waals surface area contributed by atoms with E-state index in [0.29, 0.717) is 43.7 Å². The molecule has 634 valence electrons. The summed E-state index contributed by atoms with van der Waals surface area (Å²) in [5, 5.41) is 19.1. The molecule has 18 nitrogen and oxygen atoms in total. The maximum Gasteiger partial charge on any atom is 0.246 e. The first-order valence-corrected chi connectivity index (χ1v) is 44.8. The van der Waals surface area contributed by atoms with Crippen LogP contribution in [0.3, 0.4) is 0 Å². The molecular weight excluding hydrogens is 1560 g/mol. The van der Waals surface area contributed by atoms with E-state index in [2.05, 4.69) is 75.2 Å². The van der Waals surface area contributed by atoms with Gasteiger partial charge in [0.05, 0.1) is 39.8 Å². The van der Waals surface area contributed by atoms with Crippen molar-refractivity contribution in [2.75, 3.05) is 37.7 Å². The van der Waals surface area contributed by atoms with Crippen LogP contribution in [0, 0.1) is 0 Å². The Morgan fingerprint density at radius 2 is 0.820 bits per heavy atom. The molecule has 2 fully saturated rings. The fraction of sp³-hybridized carbons (Fsp3) is 0.333. The molecule has 2 saturated heterocycles. The Kier molecular flexibility index (Phi) is 32.1. The highest BCUT2D eigenvalue weighted by Gasteiger charge is 2.48. The van der Waals surface area contributed by atoms with Gasteiger partial charge in [-0.15, -0.1) is 23.5 Å². The van der Waals surface area contributed by atoms with Gasteiger partial charge in [-0.3, -0.25) is 38.4 Å². The Labute approximate surface area is 727 Å². The zero-order valence-corrected chi connectivity index (χ0v) is 72.1. The van der Waals surface area contributed by atoms with E-state index in [9.17, 15) is 4.79 Å². The third-order valence-electron chi connectivity index (χ3n) is 23.0. The number of nitrogens with two attached hydrogens (primary N) is 1. The number of Topliss-reactive ketones (excluding diaryl/α,β-unsaturated/α-hetero) is 1. The highest BCUT2D eigenvalue weighted by Crippen LogP contribution is 2.51. The van der Waals surface area contributed by atoms with E-state index >= 15 is 33.6 Å². The number of likely N-dealkylation sites (tertiary alicyclic amines) is 2. The number of ketones is 1. The van der Waals surface area contributed by atoms with Crippen LogP contribution in [-0.4, -0.2) is 149 Å². The van der Waals surface area contributed by atoms with E-state index in [0.717, 1.165) is 75.8 Å². The van der Waals surface area contributed by atoms with Crippen LogP contribution in [0.5, 0.6) is 0 Å². The monoisotopic (exact) mass is 1670 g/mol. The number of unbranched alkanes of at least 4 members (excludes halogenated alkanes) is 3. The first-order valence-electron chi connectivity index (χ1n) is 42.9. The summed E-state index contributed by atoms with van der Waals surface area (Å²) < 4.78 is 4.94. The summed E-state index contributed by atoms with van der Waals surface area (Å²) in [6.45, 7) is 9.96. The Morgan fingerprint density at radius 3 is 1.24 bits per heavy atom. The highest BCUT2D eigenvalue weighted by molar-refractivity contribution is 8.01. The van der Waals surface area contributed by atoms with E-state index in [1.807, 2.05) is 288 Å². The van der Waals surface area contributed by atoms with Gasteiger partial charge in [0.2, 0.25) is 41.4 Å². The number of nitrogens with zero attached hydrogens (tertiary/aromatic N) is 2. The maximum absolute atomic E-state index is 16.0. The second-order valence-electron chi connectivity index (χ2n) is 32.5. The number of benzene rings is 10. The molecule has 20 heteroatoms. The van der Waals surface area contributed by atoms with Crippen molar-refractivity contribution in [2.45, 2.75) is 174 Å². The van der Waals surface area contributed by atoms with Crippen LogP contribution in [0.25, 0.3) is 0 Å². The van der Waals surface area contributed by atoms with Gasteiger partial charge in [0.15, 0.2) is 5.78 Å². The van der Waals surface area contributed by atoms with Crippen LogP contribution in [0.1, 0.15) is 154 Å². The van der Waals surface area contributed by atoms with Crippen molar-refractivity contribution < 1.29 is 43.1 Å². The third-order valence-corrected chi connectivity index (χ3v) is 26.3. The lowest BCUT2D eigenvalue weighted by Crippen LogP contribution is -2.62. The van der Waals surface area contributed by atoms with E-state index in [4.69, 9.17) is 10.5 Å². The van der Waals surface area contributed by atoms with Gasteiger partial charge in [0.1, 0.15) is 35.7 Å². The molecule has 12 rings (SSSR count). The lowest BCUT2D eigenvalue weighted by Gasteiger charge is -2.38. The Bertz CT molecular complexity index is 4720. The molecule has 2 heterocycles. The number of nitrogens with one attached hydrogen (secondary N) is 6. The van der Waals surface area contributed by atoms with Crippen molar-refractivity contribution in [1.82, 2.24) is 41.7 Å². The lowest BCUT2D eigenvalue weighted by atomic mass is 9.77. The largest absolute Gasteiger partial charge is 0.370 e. The smallest absolute Gasteiger partial charge is 0.246 e. The summed E-state index contributed by atoms with van der Waals surface area (Å²) in [7, 11) is 0. The van der Waals surface area contributed by atoms with Crippen molar-refractivity contribution in [2.24, 2.45) is 5.73 Å². The lowest BCUT2D eigenvalue weighted by molar-refractivity contribution is -0.148. The molecule has 0 spiro atoms. The Morgan fingerprint density at radius 1 is 0.443 bits per heavy atom. The number of hydrogen-bond acceptors (Lipinski definition) is 13. The van der Waals surface area contributed by atoms with Crippen LogP contribution in [0.15, 0.2) is 303 Å². The quantitative estimate of drug-likeness (QED) is 0.0139. The van der Waals surface area contributed by atoms with Gasteiger partial charge < -0.3 is 52.2 Å². The van der Waals surface area contributed by atoms with E-state index < -0.39 is 111 Å². The molecule has 0 aliphatic carbocycles. The molecule has 10 aromatic carbocycles. The zero-order valence-electron chi connectivity index (χ0n) is 70.5. The van der Waals surface area contributed by atoms with Crippen LogP contribution in [0.2, 0.25) is 0 Å². The van der Waals surface area contributed by atoms with E-state index in [1.54, 1.807) is 28.5 Å². The normalized spacial score (nSPS) is 15.8. The predicted octanol–water partition coefficient (Wildman–Crippen LogP) is 14.8. The molecule has 2 aliphatic rings. The first kappa shape index (κ1) is 90.0. The summed E-state index contributed by atoms with van der Waals surface area (Å²) in [4.78, 5) is 128. The first-order chi connectivity index (χ1) is 59.3. The van der Waals surface area contributed by atoms with Crippen LogP contribution in [0.4, 0.5) is 0 Å². The molecule has 10 aromatic rings. The summed E-state index contributed by atoms with van der Waals surface area (Å²) >= 11 is 3.15. The maximum atomic E-state index is 16.0. The number of amides is 7. The Balaban J connectivity index is 0.843. The average Bonchev–Trinajstić information content (AvgIpc) is 0.917. The van der Waals surface area contributed by atoms with Gasteiger partial charge in [-0.25, -0.2) is 0 Å². The number of thioether (sulfide) groups is 2. The molecule has 0 radical (unpaired) electrons. The summed E-state index contributed by atoms with van der Waals surface area (Å²) in [6.07, 6.45) is 3.69. The standard InChI is InChI=1S/C102H115N9O9S2/c1-6-7-8-39-66-104-87(72-122-102(81-56-33-16-34-57-81,82-58-35-17-36-59-82)83-60-37-18-38-61-83)97(118)111-68-41-63-89(111)98(119)110-67-40-62-88(110)95(116)108-92(73(2)120-99(3,4)5)96(117)105-84(64-65-91(113)109-100(75-44-21-10-22-45-75,76-46-23-11-24-47-76)77-48-25-12-26-49-77)93(114)106-85(69-74-42-19-9-20-43-74)94(115)107-86(90(112)70-103)71-121-101(78-50-27-13-28-51-78,79-52-29-14-30-53-79)80-54-31-15-32-55-80/h9-38,42-61,73,84-89,92,104H,6-8,39-41,62-72,103H2,1-5H3,(H,105,117)(H,106,114)(H,107,115)(H,108,116)(H,109,113)/t73-,84+,85+,86+,87+,88+,89+,92+/m1/s1. The molecule has 0 aromatic heterocycles. The van der Waals surface area contributed by atoms with Gasteiger partial charge in [-0.05, 0) is 128 Å². The van der Waals surface area contributed by atoms with Crippen LogP contribution >= 0.6 is 23.5 Å². The van der Waals surface area contributed by atoms with Crippen molar-refractivity contribution in [3.8, 4) is 0 Å². The topological polar surface area (TPSA) is 250 Å². The molecule has 7 amide bonds. The SMILES string of the molecule is CCCCCCN[C@@H](CSC(c1ccccc1)(c1ccccc1)c1ccccc1)C(=O)N1CCC[C@H]1C(=O)N1CCC[C@H]1C(=O)N[C@H](C(=O)N[C@@H](CCC(=O)NC(c1ccccc1)(c1ccccc1)c1ccccc1)C(=O)N[C@@H](Cc1ccccc1)C(=O)N[C@@H](CSC(c1ccccc1)(c1ccccc1)c1ccccc1)C(=O)CN)[C@@H](C)OC(C)(C)C. The third kappa shape index (κ3) is 22.1. The molecule has 8 atom stereocenters. The minimum absolute atomic E-state index is 0.0308. The molecule has 0 bridgehead atoms. The fourth-order valence-corrected chi connectivity index (χ4v) is 20.3. The number of carbonyl (C=O) groups excluding carboxylic acids is 8. The second-order valence-corrected chi connectivity index (χ2v) is 35.0. The van der Waals surface area contributed by atoms with Crippen molar-refractivity contribution in [1.29, 1.82) is 0 Å². The highest BCUT2D eigenvalue weighted by atomic mass is 32.2. The van der Waals surface area contributed by atoms with Gasteiger partial charge in [0, 0.05) is 37.4 Å². The molecule has 2 aliphatic heterocycles. The molecule has 0 unspecified atom stereocenters.